The number of rotatable bonds is 4. The average molecular weight is 285 g/mol. The van der Waals surface area contributed by atoms with Crippen LogP contribution in [-0.4, -0.2) is 6.54 Å². The second-order valence-corrected chi connectivity index (χ2v) is 5.54. The Kier molecular flexibility index (Phi) is 4.27. The highest BCUT2D eigenvalue weighted by Gasteiger charge is 2.23. The Morgan fingerprint density at radius 3 is 2.26 bits per heavy atom. The summed E-state index contributed by atoms with van der Waals surface area (Å²) in [7, 11) is 0. The van der Waals surface area contributed by atoms with Gasteiger partial charge in [-0.25, -0.2) is 13.2 Å². The number of nitrogens with one attached hydrogen (secondary N) is 1. The summed E-state index contributed by atoms with van der Waals surface area (Å²) in [6, 6.07) is 4.55. The van der Waals surface area contributed by atoms with Gasteiger partial charge in [-0.2, -0.15) is 0 Å². The minimum absolute atomic E-state index is 0.134. The molecule has 1 nitrogen and oxygen atoms in total. The van der Waals surface area contributed by atoms with Gasteiger partial charge in [0.25, 0.3) is 0 Å². The van der Waals surface area contributed by atoms with Crippen molar-refractivity contribution in [3.63, 3.8) is 0 Å². The van der Waals surface area contributed by atoms with Crippen molar-refractivity contribution in [3.8, 4) is 0 Å². The maximum Gasteiger partial charge on any atom is 0.134 e. The first kappa shape index (κ1) is 14.1. The Bertz CT molecular complexity index is 557. The van der Waals surface area contributed by atoms with Crippen LogP contribution in [-0.2, 0) is 0 Å². The molecule has 19 heavy (non-hydrogen) atoms. The topological polar surface area (TPSA) is 12.0 Å². The third-order valence-electron chi connectivity index (χ3n) is 2.79. The lowest BCUT2D eigenvalue weighted by Crippen LogP contribution is -2.23. The molecule has 5 heteroatoms. The SMILES string of the molecule is CCNC(c1ccc(C)s1)c1c(F)cc(F)cc1F. The van der Waals surface area contributed by atoms with Gasteiger partial charge in [-0.3, -0.25) is 0 Å². The van der Waals surface area contributed by atoms with Crippen LogP contribution in [0.2, 0.25) is 0 Å². The molecule has 0 saturated carbocycles. The molecule has 2 aromatic rings. The molecule has 1 heterocycles. The molecule has 0 amide bonds. The summed E-state index contributed by atoms with van der Waals surface area (Å²) >= 11 is 1.46. The van der Waals surface area contributed by atoms with E-state index in [0.29, 0.717) is 18.7 Å². The summed E-state index contributed by atoms with van der Waals surface area (Å²) in [5.41, 5.74) is -0.134. The molecule has 0 radical (unpaired) electrons. The molecule has 1 aromatic carbocycles. The van der Waals surface area contributed by atoms with E-state index in [1.54, 1.807) is 0 Å². The summed E-state index contributed by atoms with van der Waals surface area (Å²) < 4.78 is 40.7. The van der Waals surface area contributed by atoms with Crippen molar-refractivity contribution in [2.24, 2.45) is 0 Å². The molecule has 0 aliphatic heterocycles. The van der Waals surface area contributed by atoms with E-state index in [2.05, 4.69) is 5.32 Å². The molecule has 1 N–H and O–H groups in total. The first-order chi connectivity index (χ1) is 9.02. The summed E-state index contributed by atoms with van der Waals surface area (Å²) in [6.07, 6.45) is 0. The van der Waals surface area contributed by atoms with E-state index in [1.807, 2.05) is 26.0 Å². The summed E-state index contributed by atoms with van der Waals surface area (Å²) in [4.78, 5) is 1.87. The van der Waals surface area contributed by atoms with Gasteiger partial charge < -0.3 is 5.32 Å². The molecule has 1 unspecified atom stereocenters. The van der Waals surface area contributed by atoms with Crippen LogP contribution in [0, 0.1) is 24.4 Å². The molecule has 102 valence electrons. The van der Waals surface area contributed by atoms with Crippen LogP contribution >= 0.6 is 11.3 Å². The minimum Gasteiger partial charge on any atom is -0.306 e. The molecular weight excluding hydrogens is 271 g/mol. The van der Waals surface area contributed by atoms with E-state index in [0.717, 1.165) is 9.75 Å². The second-order valence-electron chi connectivity index (χ2n) is 4.22. The highest BCUT2D eigenvalue weighted by molar-refractivity contribution is 7.12. The third-order valence-corrected chi connectivity index (χ3v) is 3.85. The number of thiophene rings is 1. The first-order valence-corrected chi connectivity index (χ1v) is 6.78. The van der Waals surface area contributed by atoms with Crippen LogP contribution in [0.4, 0.5) is 13.2 Å². The average Bonchev–Trinajstić information content (AvgIpc) is 2.73. The fourth-order valence-corrected chi connectivity index (χ4v) is 2.95. The fraction of sp³-hybridized carbons (Fsp3) is 0.286. The van der Waals surface area contributed by atoms with Crippen LogP contribution in [0.3, 0.4) is 0 Å². The Morgan fingerprint density at radius 1 is 1.16 bits per heavy atom. The lowest BCUT2D eigenvalue weighted by Gasteiger charge is -2.18. The number of aryl methyl sites for hydroxylation is 1. The van der Waals surface area contributed by atoms with E-state index in [-0.39, 0.29) is 5.56 Å². The number of hydrogen-bond donors (Lipinski definition) is 1. The number of benzene rings is 1. The van der Waals surface area contributed by atoms with Gasteiger partial charge in [-0.05, 0) is 25.6 Å². The van der Waals surface area contributed by atoms with Crippen LogP contribution in [0.5, 0.6) is 0 Å². The van der Waals surface area contributed by atoms with Gasteiger partial charge in [-0.15, -0.1) is 11.3 Å². The highest BCUT2D eigenvalue weighted by atomic mass is 32.1. The predicted molar refractivity (Wildman–Crippen MR) is 70.9 cm³/mol. The van der Waals surface area contributed by atoms with E-state index in [1.165, 1.54) is 11.3 Å². The van der Waals surface area contributed by atoms with E-state index < -0.39 is 23.5 Å². The number of hydrogen-bond acceptors (Lipinski definition) is 2. The van der Waals surface area contributed by atoms with Crippen LogP contribution in [0.1, 0.15) is 28.3 Å². The zero-order valence-electron chi connectivity index (χ0n) is 10.6. The predicted octanol–water partition coefficient (Wildman–Crippen LogP) is 4.17. The van der Waals surface area contributed by atoms with Gasteiger partial charge in [0.2, 0.25) is 0 Å². The van der Waals surface area contributed by atoms with Gasteiger partial charge in [0.15, 0.2) is 0 Å². The molecule has 0 fully saturated rings. The Hall–Kier alpha value is -1.33. The molecule has 0 saturated heterocycles. The van der Waals surface area contributed by atoms with Crippen LogP contribution in [0.15, 0.2) is 24.3 Å². The molecular formula is C14H14F3NS. The van der Waals surface area contributed by atoms with Gasteiger partial charge in [0.05, 0.1) is 6.04 Å². The van der Waals surface area contributed by atoms with Gasteiger partial charge in [0, 0.05) is 27.5 Å². The molecule has 1 aromatic heterocycles. The van der Waals surface area contributed by atoms with Crippen LogP contribution in [0.25, 0.3) is 0 Å². The first-order valence-electron chi connectivity index (χ1n) is 5.97. The van der Waals surface area contributed by atoms with E-state index >= 15 is 0 Å². The van der Waals surface area contributed by atoms with E-state index in [9.17, 15) is 13.2 Å². The summed E-state index contributed by atoms with van der Waals surface area (Å²) in [5, 5.41) is 3.04. The second kappa shape index (κ2) is 5.75. The fourth-order valence-electron chi connectivity index (χ4n) is 1.99. The van der Waals surface area contributed by atoms with Gasteiger partial charge in [0.1, 0.15) is 17.5 Å². The van der Waals surface area contributed by atoms with Crippen molar-refractivity contribution in [3.05, 3.63) is 57.0 Å². The molecule has 0 aliphatic rings. The lowest BCUT2D eigenvalue weighted by atomic mass is 10.0. The molecule has 0 bridgehead atoms. The van der Waals surface area contributed by atoms with Crippen molar-refractivity contribution in [1.82, 2.24) is 5.32 Å². The van der Waals surface area contributed by atoms with E-state index in [4.69, 9.17) is 0 Å². The standard InChI is InChI=1S/C14H14F3NS/c1-3-18-14(12-5-4-8(2)19-12)13-10(16)6-9(15)7-11(13)17/h4-7,14,18H,3H2,1-2H3. The normalized spacial score (nSPS) is 12.7. The summed E-state index contributed by atoms with van der Waals surface area (Å²) in [6.45, 7) is 4.33. The van der Waals surface area contributed by atoms with Crippen LogP contribution < -0.4 is 5.32 Å². The summed E-state index contributed by atoms with van der Waals surface area (Å²) in [5.74, 6) is -2.64. The van der Waals surface area contributed by atoms with Gasteiger partial charge in [-0.1, -0.05) is 6.92 Å². The monoisotopic (exact) mass is 285 g/mol. The molecule has 0 aliphatic carbocycles. The van der Waals surface area contributed by atoms with Crippen molar-refractivity contribution in [1.29, 1.82) is 0 Å². The molecule has 2 rings (SSSR count). The molecule has 1 atom stereocenters. The smallest absolute Gasteiger partial charge is 0.134 e. The zero-order chi connectivity index (χ0) is 14.0. The van der Waals surface area contributed by atoms with Crippen molar-refractivity contribution in [2.45, 2.75) is 19.9 Å². The zero-order valence-corrected chi connectivity index (χ0v) is 11.5. The maximum absolute atomic E-state index is 13.9. The Morgan fingerprint density at radius 2 is 1.79 bits per heavy atom. The third kappa shape index (κ3) is 2.98. The van der Waals surface area contributed by atoms with Crippen molar-refractivity contribution < 1.29 is 13.2 Å². The van der Waals surface area contributed by atoms with Crippen molar-refractivity contribution >= 4 is 11.3 Å². The quantitative estimate of drug-likeness (QED) is 0.889. The van der Waals surface area contributed by atoms with Crippen molar-refractivity contribution in [2.75, 3.05) is 6.54 Å². The maximum atomic E-state index is 13.9. The lowest BCUT2D eigenvalue weighted by molar-refractivity contribution is 0.494. The Labute approximate surface area is 114 Å². The largest absolute Gasteiger partial charge is 0.306 e. The van der Waals surface area contributed by atoms with Gasteiger partial charge >= 0.3 is 0 Å². The number of halogens is 3. The highest BCUT2D eigenvalue weighted by Crippen LogP contribution is 2.31. The molecule has 0 spiro atoms. The minimum atomic E-state index is -0.906. The Balaban J connectivity index is 2.51.